The maximum atomic E-state index is 12.6. The molecule has 31 heavy (non-hydrogen) atoms. The first-order valence-electron chi connectivity index (χ1n) is 10.2. The lowest BCUT2D eigenvalue weighted by atomic mass is 9.78. The molecule has 2 fully saturated rings. The first kappa shape index (κ1) is 24.9. The lowest BCUT2D eigenvalue weighted by molar-refractivity contribution is -0.192. The van der Waals surface area contributed by atoms with Crippen molar-refractivity contribution >= 4 is 11.9 Å². The molecule has 1 heterocycles. The summed E-state index contributed by atoms with van der Waals surface area (Å²) in [5.74, 6) is -1.75. The summed E-state index contributed by atoms with van der Waals surface area (Å²) >= 11 is 0. The number of rotatable bonds is 5. The number of carboxylic acid groups (broad SMARTS) is 1. The van der Waals surface area contributed by atoms with Crippen LogP contribution in [-0.4, -0.2) is 74.4 Å². The van der Waals surface area contributed by atoms with E-state index in [0.717, 1.165) is 44.8 Å². The molecule has 174 valence electrons. The summed E-state index contributed by atoms with van der Waals surface area (Å²) in [6.45, 7) is 3.37. The van der Waals surface area contributed by atoms with E-state index in [0.29, 0.717) is 0 Å². The molecule has 7 nitrogen and oxygen atoms in total. The Labute approximate surface area is 179 Å². The summed E-state index contributed by atoms with van der Waals surface area (Å²) in [5, 5.41) is 13.7. The molecule has 0 spiro atoms. The number of alkyl halides is 3. The average Bonchev–Trinajstić information content (AvgIpc) is 3.22. The number of piperazine rings is 1. The molecule has 1 saturated carbocycles. The molecular formula is C21H30F3N3O4. The fraction of sp³-hybridized carbons (Fsp3) is 0.619. The summed E-state index contributed by atoms with van der Waals surface area (Å²) in [4.78, 5) is 23.7. The van der Waals surface area contributed by atoms with Gasteiger partial charge in [0, 0.05) is 31.6 Å². The number of benzene rings is 1. The maximum Gasteiger partial charge on any atom is 0.490 e. The zero-order valence-corrected chi connectivity index (χ0v) is 17.8. The second-order valence-corrected chi connectivity index (χ2v) is 8.01. The van der Waals surface area contributed by atoms with Crippen LogP contribution in [0.15, 0.2) is 24.3 Å². The third-order valence-corrected chi connectivity index (χ3v) is 5.80. The van der Waals surface area contributed by atoms with Crippen molar-refractivity contribution in [2.24, 2.45) is 0 Å². The molecule has 1 aliphatic heterocycles. The standard InChI is InChI=1S/C19H29N3O2.C2HF3O2/c1-22-12-11-20-17(13-22)18(23)21-14-19(9-3-4-10-19)15-5-7-16(24-2)8-6-15;3-2(4,5)1(6)7/h5-8,17,20H,3-4,9-14H2,1-2H3,(H,21,23);(H,6,7). The normalized spacial score (nSPS) is 21.0. The quantitative estimate of drug-likeness (QED) is 0.644. The predicted molar refractivity (Wildman–Crippen MR) is 109 cm³/mol. The molecule has 0 aromatic heterocycles. The maximum absolute atomic E-state index is 12.6. The fourth-order valence-electron chi connectivity index (χ4n) is 4.02. The van der Waals surface area contributed by atoms with Crippen LogP contribution < -0.4 is 15.4 Å². The Balaban J connectivity index is 0.000000423. The molecule has 1 saturated heterocycles. The van der Waals surface area contributed by atoms with E-state index in [2.05, 4.69) is 34.7 Å². The number of ether oxygens (including phenoxy) is 1. The van der Waals surface area contributed by atoms with Gasteiger partial charge >= 0.3 is 12.1 Å². The van der Waals surface area contributed by atoms with Crippen LogP contribution in [0.2, 0.25) is 0 Å². The molecule has 0 radical (unpaired) electrons. The van der Waals surface area contributed by atoms with Gasteiger partial charge < -0.3 is 25.4 Å². The van der Waals surface area contributed by atoms with Crippen LogP contribution in [0.3, 0.4) is 0 Å². The molecule has 1 aromatic rings. The zero-order valence-electron chi connectivity index (χ0n) is 17.8. The number of nitrogens with zero attached hydrogens (tertiary/aromatic N) is 1. The molecule has 3 N–H and O–H groups in total. The van der Waals surface area contributed by atoms with Gasteiger partial charge in [-0.3, -0.25) is 4.79 Å². The van der Waals surface area contributed by atoms with Gasteiger partial charge in [-0.2, -0.15) is 13.2 Å². The Bertz CT molecular complexity index is 734. The molecular weight excluding hydrogens is 415 g/mol. The molecule has 1 amide bonds. The van der Waals surface area contributed by atoms with Crippen molar-refractivity contribution in [1.82, 2.24) is 15.5 Å². The number of nitrogens with one attached hydrogen (secondary N) is 2. The Hall–Kier alpha value is -2.33. The van der Waals surface area contributed by atoms with Crippen LogP contribution in [0.5, 0.6) is 5.75 Å². The van der Waals surface area contributed by atoms with Gasteiger partial charge in [0.2, 0.25) is 5.91 Å². The van der Waals surface area contributed by atoms with E-state index in [1.807, 2.05) is 12.1 Å². The topological polar surface area (TPSA) is 90.9 Å². The van der Waals surface area contributed by atoms with Crippen molar-refractivity contribution < 1.29 is 32.6 Å². The number of hydrogen-bond donors (Lipinski definition) is 3. The third-order valence-electron chi connectivity index (χ3n) is 5.80. The summed E-state index contributed by atoms with van der Waals surface area (Å²) in [6.07, 6.45) is -0.353. The van der Waals surface area contributed by atoms with Crippen LogP contribution in [0.1, 0.15) is 31.2 Å². The number of carbonyl (C=O) groups excluding carboxylic acids is 1. The van der Waals surface area contributed by atoms with E-state index >= 15 is 0 Å². The van der Waals surface area contributed by atoms with Crippen molar-refractivity contribution in [2.45, 2.75) is 43.3 Å². The molecule has 0 bridgehead atoms. The van der Waals surface area contributed by atoms with E-state index in [1.54, 1.807) is 7.11 Å². The number of hydrogen-bond acceptors (Lipinski definition) is 5. The lowest BCUT2D eigenvalue weighted by Gasteiger charge is -2.33. The van der Waals surface area contributed by atoms with Crippen LogP contribution >= 0.6 is 0 Å². The SMILES string of the molecule is COc1ccc(C2(CNC(=O)C3CN(C)CCN3)CCCC2)cc1.O=C(O)C(F)(F)F. The van der Waals surface area contributed by atoms with Crippen molar-refractivity contribution in [3.8, 4) is 5.75 Å². The molecule has 1 atom stereocenters. The Morgan fingerprint density at radius 1 is 1.26 bits per heavy atom. The summed E-state index contributed by atoms with van der Waals surface area (Å²) in [7, 11) is 3.76. The van der Waals surface area contributed by atoms with Gasteiger partial charge in [0.25, 0.3) is 0 Å². The summed E-state index contributed by atoms with van der Waals surface area (Å²) < 4.78 is 37.0. The Kier molecular flexibility index (Phi) is 8.69. The highest BCUT2D eigenvalue weighted by Crippen LogP contribution is 2.41. The van der Waals surface area contributed by atoms with Crippen molar-refractivity contribution in [3.63, 3.8) is 0 Å². The third kappa shape index (κ3) is 7.10. The first-order valence-corrected chi connectivity index (χ1v) is 10.2. The summed E-state index contributed by atoms with van der Waals surface area (Å²) in [6, 6.07) is 8.26. The van der Waals surface area contributed by atoms with Crippen molar-refractivity contribution in [3.05, 3.63) is 29.8 Å². The van der Waals surface area contributed by atoms with Gasteiger partial charge in [0.1, 0.15) is 5.75 Å². The van der Waals surface area contributed by atoms with Crippen LogP contribution in [-0.2, 0) is 15.0 Å². The zero-order chi connectivity index (χ0) is 23.1. The van der Waals surface area contributed by atoms with E-state index in [1.165, 1.54) is 18.4 Å². The predicted octanol–water partition coefficient (Wildman–Crippen LogP) is 2.16. The molecule has 1 unspecified atom stereocenters. The number of carboxylic acids is 1. The second-order valence-electron chi connectivity index (χ2n) is 8.01. The lowest BCUT2D eigenvalue weighted by Crippen LogP contribution is -2.57. The van der Waals surface area contributed by atoms with Crippen molar-refractivity contribution in [2.75, 3.05) is 40.3 Å². The highest BCUT2D eigenvalue weighted by Gasteiger charge is 2.38. The number of aliphatic carboxylic acids is 1. The summed E-state index contributed by atoms with van der Waals surface area (Å²) in [5.41, 5.74) is 1.39. The highest BCUT2D eigenvalue weighted by atomic mass is 19.4. The molecule has 1 aromatic carbocycles. The van der Waals surface area contributed by atoms with Gasteiger partial charge in [-0.05, 0) is 37.6 Å². The minimum atomic E-state index is -5.08. The molecule has 3 rings (SSSR count). The highest BCUT2D eigenvalue weighted by molar-refractivity contribution is 5.82. The molecule has 2 aliphatic rings. The van der Waals surface area contributed by atoms with Gasteiger partial charge in [0.05, 0.1) is 13.2 Å². The second kappa shape index (κ2) is 10.8. The molecule has 10 heteroatoms. The van der Waals surface area contributed by atoms with Crippen LogP contribution in [0.4, 0.5) is 13.2 Å². The van der Waals surface area contributed by atoms with E-state index in [-0.39, 0.29) is 17.4 Å². The van der Waals surface area contributed by atoms with Gasteiger partial charge in [-0.1, -0.05) is 25.0 Å². The van der Waals surface area contributed by atoms with Crippen molar-refractivity contribution in [1.29, 1.82) is 0 Å². The number of methoxy groups -OCH3 is 1. The number of carbonyl (C=O) groups is 2. The van der Waals surface area contributed by atoms with Gasteiger partial charge in [-0.15, -0.1) is 0 Å². The minimum absolute atomic E-state index is 0.0719. The molecule has 1 aliphatic carbocycles. The van der Waals surface area contributed by atoms with Crippen LogP contribution in [0.25, 0.3) is 0 Å². The smallest absolute Gasteiger partial charge is 0.490 e. The van der Waals surface area contributed by atoms with Crippen LogP contribution in [0, 0.1) is 0 Å². The number of amides is 1. The Morgan fingerprint density at radius 3 is 2.32 bits per heavy atom. The van der Waals surface area contributed by atoms with E-state index in [4.69, 9.17) is 14.6 Å². The number of halogens is 3. The van der Waals surface area contributed by atoms with Gasteiger partial charge in [-0.25, -0.2) is 4.79 Å². The fourth-order valence-corrected chi connectivity index (χ4v) is 4.02. The Morgan fingerprint density at radius 2 is 1.84 bits per heavy atom. The van der Waals surface area contributed by atoms with E-state index < -0.39 is 12.1 Å². The number of likely N-dealkylation sites (N-methyl/N-ethyl adjacent to an activating group) is 1. The minimum Gasteiger partial charge on any atom is -0.497 e. The largest absolute Gasteiger partial charge is 0.497 e. The first-order chi connectivity index (χ1) is 14.6. The van der Waals surface area contributed by atoms with Gasteiger partial charge in [0.15, 0.2) is 0 Å². The average molecular weight is 445 g/mol. The van der Waals surface area contributed by atoms with E-state index in [9.17, 15) is 18.0 Å². The monoisotopic (exact) mass is 445 g/mol.